The van der Waals surface area contributed by atoms with Crippen LogP contribution in [0.15, 0.2) is 24.3 Å². The molecule has 2 atom stereocenters. The van der Waals surface area contributed by atoms with Crippen LogP contribution in [-0.2, 0) is 21.1 Å². The van der Waals surface area contributed by atoms with Gasteiger partial charge in [-0.2, -0.15) is 0 Å². The molecule has 1 rings (SSSR count). The maximum Gasteiger partial charge on any atom is 0.234 e. The topological polar surface area (TPSA) is 66.5 Å². The molecule has 5 nitrogen and oxygen atoms in total. The van der Waals surface area contributed by atoms with Crippen LogP contribution in [0.2, 0.25) is 0 Å². The lowest BCUT2D eigenvalue weighted by molar-refractivity contribution is -0.122. The van der Waals surface area contributed by atoms with E-state index >= 15 is 0 Å². The third-order valence-corrected chi connectivity index (χ3v) is 5.28. The van der Waals surface area contributed by atoms with Gasteiger partial charge in [-0.15, -0.1) is 0 Å². The number of benzene rings is 1. The highest BCUT2D eigenvalue weighted by atomic mass is 32.2. The van der Waals surface area contributed by atoms with Crippen molar-refractivity contribution in [2.45, 2.75) is 46.2 Å². The molecule has 0 bridgehead atoms. The zero-order valence-corrected chi connectivity index (χ0v) is 17.1. The summed E-state index contributed by atoms with van der Waals surface area (Å²) in [4.78, 5) is 14.0. The minimum Gasteiger partial charge on any atom is -0.348 e. The number of carbonyl (C=O) groups is 1. The molecule has 0 radical (unpaired) electrons. The largest absolute Gasteiger partial charge is 0.348 e. The Morgan fingerprint density at radius 3 is 2.16 bits per heavy atom. The quantitative estimate of drug-likeness (QED) is 0.727. The Kier molecular flexibility index (Phi) is 8.09. The monoisotopic (exact) mass is 368 g/mol. The van der Waals surface area contributed by atoms with Gasteiger partial charge < -0.3 is 5.32 Å². The van der Waals surface area contributed by atoms with E-state index < -0.39 is 9.84 Å². The van der Waals surface area contributed by atoms with Crippen LogP contribution < -0.4 is 5.32 Å². The second-order valence-electron chi connectivity index (χ2n) is 7.49. The number of carbonyl (C=O) groups excluding carboxylic acids is 1. The molecule has 1 aromatic carbocycles. The van der Waals surface area contributed by atoms with Gasteiger partial charge in [-0.3, -0.25) is 9.69 Å². The van der Waals surface area contributed by atoms with E-state index in [2.05, 4.69) is 43.4 Å². The van der Waals surface area contributed by atoms with Crippen molar-refractivity contribution in [2.24, 2.45) is 5.92 Å². The highest BCUT2D eigenvalue weighted by Crippen LogP contribution is 2.15. The van der Waals surface area contributed by atoms with Crippen molar-refractivity contribution in [1.82, 2.24) is 10.2 Å². The molecule has 0 aromatic heterocycles. The highest BCUT2D eigenvalue weighted by molar-refractivity contribution is 7.90. The molecule has 142 valence electrons. The third-order valence-electron chi connectivity index (χ3n) is 4.19. The Bertz CT molecular complexity index is 654. The van der Waals surface area contributed by atoms with Crippen LogP contribution >= 0.6 is 0 Å². The second kappa shape index (κ2) is 9.34. The number of amides is 1. The van der Waals surface area contributed by atoms with Crippen LogP contribution in [0.4, 0.5) is 0 Å². The maximum atomic E-state index is 12.2. The smallest absolute Gasteiger partial charge is 0.234 e. The zero-order chi connectivity index (χ0) is 19.2. The Labute approximate surface area is 152 Å². The number of hydrogen-bond acceptors (Lipinski definition) is 4. The summed E-state index contributed by atoms with van der Waals surface area (Å²) in [5.74, 6) is 0.554. The lowest BCUT2D eigenvalue weighted by Crippen LogP contribution is -2.42. The van der Waals surface area contributed by atoms with Crippen molar-refractivity contribution in [3.05, 3.63) is 35.4 Å². The fraction of sp³-hybridized carbons (Fsp3) is 0.632. The molecule has 0 aliphatic rings. The molecule has 0 saturated heterocycles. The second-order valence-corrected chi connectivity index (χ2v) is 9.67. The number of nitrogens with zero attached hydrogens (tertiary/aromatic N) is 1. The van der Waals surface area contributed by atoms with Gasteiger partial charge in [0.2, 0.25) is 5.91 Å². The van der Waals surface area contributed by atoms with Gasteiger partial charge in [0.25, 0.3) is 0 Å². The summed E-state index contributed by atoms with van der Waals surface area (Å²) in [5.41, 5.74) is 2.36. The van der Waals surface area contributed by atoms with E-state index in [4.69, 9.17) is 0 Å². The number of hydrogen-bond donors (Lipinski definition) is 1. The minimum atomic E-state index is -3.06. The summed E-state index contributed by atoms with van der Waals surface area (Å²) in [5, 5.41) is 2.97. The van der Waals surface area contributed by atoms with Gasteiger partial charge in [0, 0.05) is 12.3 Å². The summed E-state index contributed by atoms with van der Waals surface area (Å²) < 4.78 is 22.7. The molecule has 1 amide bonds. The van der Waals surface area contributed by atoms with Gasteiger partial charge in [-0.05, 0) is 44.4 Å². The fourth-order valence-corrected chi connectivity index (χ4v) is 3.86. The summed E-state index contributed by atoms with van der Waals surface area (Å²) in [7, 11) is -1.29. The van der Waals surface area contributed by atoms with Gasteiger partial charge in [-0.25, -0.2) is 8.42 Å². The van der Waals surface area contributed by atoms with Crippen LogP contribution in [0, 0.1) is 5.92 Å². The van der Waals surface area contributed by atoms with Crippen molar-refractivity contribution >= 4 is 15.7 Å². The molecule has 1 N–H and O–H groups in total. The van der Waals surface area contributed by atoms with E-state index in [9.17, 15) is 13.2 Å². The first-order valence-corrected chi connectivity index (χ1v) is 10.8. The van der Waals surface area contributed by atoms with Crippen LogP contribution in [0.3, 0.4) is 0 Å². The standard InChI is InChI=1S/C19H32N2O3S/c1-14(2)11-17-7-9-18(10-8-17)16(4)20-19(22)12-21(5)15(3)13-25(6,23)24/h7-10,14-16H,11-13H2,1-6H3,(H,20,22). The molecule has 1 aromatic rings. The molecule has 2 unspecified atom stereocenters. The van der Waals surface area contributed by atoms with Gasteiger partial charge in [0.15, 0.2) is 0 Å². The van der Waals surface area contributed by atoms with Gasteiger partial charge in [-0.1, -0.05) is 38.1 Å². The van der Waals surface area contributed by atoms with E-state index in [0.29, 0.717) is 5.92 Å². The number of rotatable bonds is 9. The first-order valence-electron chi connectivity index (χ1n) is 8.74. The highest BCUT2D eigenvalue weighted by Gasteiger charge is 2.18. The summed E-state index contributed by atoms with van der Waals surface area (Å²) in [6.45, 7) is 8.32. The Balaban J connectivity index is 2.55. The van der Waals surface area contributed by atoms with Crippen LogP contribution in [-0.4, -0.2) is 50.9 Å². The molecular formula is C19H32N2O3S. The Hall–Kier alpha value is -1.40. The van der Waals surface area contributed by atoms with Crippen LogP contribution in [0.1, 0.15) is 44.9 Å². The molecule has 0 aliphatic carbocycles. The minimum absolute atomic E-state index is 0.0453. The first-order chi connectivity index (χ1) is 11.5. The average Bonchev–Trinajstić information content (AvgIpc) is 2.45. The Morgan fingerprint density at radius 2 is 1.68 bits per heavy atom. The molecule has 0 spiro atoms. The molecule has 0 aliphatic heterocycles. The van der Waals surface area contributed by atoms with Gasteiger partial charge in [0.1, 0.15) is 9.84 Å². The third kappa shape index (κ3) is 8.50. The van der Waals surface area contributed by atoms with Crippen molar-refractivity contribution in [3.63, 3.8) is 0 Å². The summed E-state index contributed by atoms with van der Waals surface area (Å²) in [6.07, 6.45) is 2.26. The normalized spacial score (nSPS) is 14.6. The molecule has 0 saturated carbocycles. The molecular weight excluding hydrogens is 336 g/mol. The maximum absolute atomic E-state index is 12.2. The van der Waals surface area contributed by atoms with Crippen molar-refractivity contribution in [1.29, 1.82) is 0 Å². The summed E-state index contributed by atoms with van der Waals surface area (Å²) >= 11 is 0. The van der Waals surface area contributed by atoms with Crippen molar-refractivity contribution in [3.8, 4) is 0 Å². The first kappa shape index (κ1) is 21.6. The van der Waals surface area contributed by atoms with Crippen molar-refractivity contribution < 1.29 is 13.2 Å². The number of nitrogens with one attached hydrogen (secondary N) is 1. The van der Waals surface area contributed by atoms with E-state index in [1.807, 2.05) is 13.8 Å². The Morgan fingerprint density at radius 1 is 1.12 bits per heavy atom. The molecule has 0 heterocycles. The van der Waals surface area contributed by atoms with Crippen molar-refractivity contribution in [2.75, 3.05) is 25.6 Å². The SMILES string of the molecule is CC(C)Cc1ccc(C(C)NC(=O)CN(C)C(C)CS(C)(=O)=O)cc1. The fourth-order valence-electron chi connectivity index (χ4n) is 2.73. The van der Waals surface area contributed by atoms with E-state index in [1.54, 1.807) is 11.9 Å². The van der Waals surface area contributed by atoms with E-state index in [0.717, 1.165) is 12.0 Å². The summed E-state index contributed by atoms with van der Waals surface area (Å²) in [6, 6.07) is 8.04. The van der Waals surface area contributed by atoms with E-state index in [1.165, 1.54) is 11.8 Å². The average molecular weight is 369 g/mol. The lowest BCUT2D eigenvalue weighted by atomic mass is 10.00. The predicted octanol–water partition coefficient (Wildman–Crippen LogP) is 2.43. The van der Waals surface area contributed by atoms with Crippen LogP contribution in [0.25, 0.3) is 0 Å². The molecule has 6 heteroatoms. The van der Waals surface area contributed by atoms with Crippen LogP contribution in [0.5, 0.6) is 0 Å². The zero-order valence-electron chi connectivity index (χ0n) is 16.2. The number of likely N-dealkylation sites (N-methyl/N-ethyl adjacent to an activating group) is 1. The van der Waals surface area contributed by atoms with Gasteiger partial charge in [0.05, 0.1) is 18.3 Å². The molecule has 25 heavy (non-hydrogen) atoms. The lowest BCUT2D eigenvalue weighted by Gasteiger charge is -2.24. The number of sulfone groups is 1. The van der Waals surface area contributed by atoms with E-state index in [-0.39, 0.29) is 30.3 Å². The van der Waals surface area contributed by atoms with Gasteiger partial charge >= 0.3 is 0 Å². The predicted molar refractivity (Wildman–Crippen MR) is 103 cm³/mol. The molecule has 0 fully saturated rings.